The van der Waals surface area contributed by atoms with Gasteiger partial charge in [-0.05, 0) is 38.0 Å². The van der Waals surface area contributed by atoms with Crippen LogP contribution in [0.15, 0.2) is 54.6 Å². The molecule has 0 radical (unpaired) electrons. The molecule has 0 saturated carbocycles. The van der Waals surface area contributed by atoms with Crippen molar-refractivity contribution < 1.29 is 9.59 Å². The molecule has 2 aromatic rings. The second kappa shape index (κ2) is 7.89. The number of nitrogens with two attached hydrogens (primary N) is 1. The fourth-order valence-corrected chi connectivity index (χ4v) is 3.02. The summed E-state index contributed by atoms with van der Waals surface area (Å²) in [4.78, 5) is 27.0. The van der Waals surface area contributed by atoms with E-state index in [1.165, 1.54) is 0 Å². The number of benzene rings is 2. The van der Waals surface area contributed by atoms with E-state index < -0.39 is 11.6 Å². The van der Waals surface area contributed by atoms with Crippen LogP contribution >= 0.6 is 12.4 Å². The molecule has 1 saturated heterocycles. The SMILES string of the molecule is Cc1ccc(N2CCC(NC(=O)C(C)(N)c3ccccc3)C2=O)cc1.Cl. The predicted octanol–water partition coefficient (Wildman–Crippen LogP) is 2.51. The van der Waals surface area contributed by atoms with E-state index in [9.17, 15) is 9.59 Å². The first kappa shape index (κ1) is 19.9. The lowest BCUT2D eigenvalue weighted by Crippen LogP contribution is -2.53. The number of anilines is 1. The van der Waals surface area contributed by atoms with E-state index in [-0.39, 0.29) is 24.2 Å². The van der Waals surface area contributed by atoms with Crippen LogP contribution in [0.1, 0.15) is 24.5 Å². The molecule has 2 unspecified atom stereocenters. The van der Waals surface area contributed by atoms with Crippen molar-refractivity contribution >= 4 is 29.9 Å². The molecule has 1 aliphatic heterocycles. The van der Waals surface area contributed by atoms with Crippen LogP contribution in [0.5, 0.6) is 0 Å². The zero-order valence-corrected chi connectivity index (χ0v) is 15.8. The molecular formula is C20H24ClN3O2. The van der Waals surface area contributed by atoms with Crippen molar-refractivity contribution in [3.05, 3.63) is 65.7 Å². The maximum atomic E-state index is 12.7. The summed E-state index contributed by atoms with van der Waals surface area (Å²) < 4.78 is 0. The lowest BCUT2D eigenvalue weighted by Gasteiger charge is -2.26. The average molecular weight is 374 g/mol. The van der Waals surface area contributed by atoms with Crippen LogP contribution in [0, 0.1) is 6.92 Å². The Hall–Kier alpha value is -2.37. The lowest BCUT2D eigenvalue weighted by atomic mass is 9.92. The van der Waals surface area contributed by atoms with Crippen LogP contribution < -0.4 is 16.0 Å². The molecule has 0 aromatic heterocycles. The van der Waals surface area contributed by atoms with Crippen molar-refractivity contribution in [2.24, 2.45) is 5.73 Å². The highest BCUT2D eigenvalue weighted by Crippen LogP contribution is 2.23. The molecule has 1 aliphatic rings. The third kappa shape index (κ3) is 3.89. The Kier molecular flexibility index (Phi) is 6.05. The summed E-state index contributed by atoms with van der Waals surface area (Å²) in [5.74, 6) is -0.441. The van der Waals surface area contributed by atoms with Crippen molar-refractivity contribution in [3.8, 4) is 0 Å². The van der Waals surface area contributed by atoms with Crippen LogP contribution in [0.25, 0.3) is 0 Å². The molecule has 3 N–H and O–H groups in total. The van der Waals surface area contributed by atoms with E-state index in [1.807, 2.05) is 61.5 Å². The molecule has 2 atom stereocenters. The molecule has 26 heavy (non-hydrogen) atoms. The molecule has 1 heterocycles. The molecule has 6 heteroatoms. The first-order valence-electron chi connectivity index (χ1n) is 8.43. The van der Waals surface area contributed by atoms with Gasteiger partial charge in [-0.3, -0.25) is 9.59 Å². The quantitative estimate of drug-likeness (QED) is 0.864. The Balaban J connectivity index is 0.00000243. The summed E-state index contributed by atoms with van der Waals surface area (Å²) in [5.41, 5.74) is 7.76. The monoisotopic (exact) mass is 373 g/mol. The molecule has 5 nitrogen and oxygen atoms in total. The number of hydrogen-bond donors (Lipinski definition) is 2. The van der Waals surface area contributed by atoms with Crippen molar-refractivity contribution in [2.45, 2.75) is 31.8 Å². The average Bonchev–Trinajstić information content (AvgIpc) is 2.97. The maximum absolute atomic E-state index is 12.7. The molecule has 0 spiro atoms. The van der Waals surface area contributed by atoms with Crippen LogP contribution in [-0.4, -0.2) is 24.4 Å². The van der Waals surface area contributed by atoms with Gasteiger partial charge in [0.25, 0.3) is 0 Å². The van der Waals surface area contributed by atoms with Gasteiger partial charge < -0.3 is 16.0 Å². The molecule has 138 valence electrons. The van der Waals surface area contributed by atoms with Crippen molar-refractivity contribution in [3.63, 3.8) is 0 Å². The fraction of sp³-hybridized carbons (Fsp3) is 0.300. The van der Waals surface area contributed by atoms with E-state index in [1.54, 1.807) is 11.8 Å². The minimum Gasteiger partial charge on any atom is -0.342 e. The van der Waals surface area contributed by atoms with Gasteiger partial charge in [0.1, 0.15) is 11.6 Å². The predicted molar refractivity (Wildman–Crippen MR) is 105 cm³/mol. The van der Waals surface area contributed by atoms with E-state index in [2.05, 4.69) is 5.32 Å². The van der Waals surface area contributed by atoms with E-state index in [4.69, 9.17) is 5.73 Å². The highest BCUT2D eigenvalue weighted by atomic mass is 35.5. The van der Waals surface area contributed by atoms with Crippen molar-refractivity contribution in [2.75, 3.05) is 11.4 Å². The second-order valence-corrected chi connectivity index (χ2v) is 6.71. The van der Waals surface area contributed by atoms with Gasteiger partial charge in [-0.2, -0.15) is 0 Å². The first-order chi connectivity index (χ1) is 11.9. The normalized spacial score (nSPS) is 18.8. The summed E-state index contributed by atoms with van der Waals surface area (Å²) in [6.45, 7) is 4.25. The van der Waals surface area contributed by atoms with Crippen LogP contribution in [0.4, 0.5) is 5.69 Å². The topological polar surface area (TPSA) is 75.4 Å². The number of carbonyl (C=O) groups excluding carboxylic acids is 2. The fourth-order valence-electron chi connectivity index (χ4n) is 3.02. The zero-order chi connectivity index (χ0) is 18.0. The number of amides is 2. The van der Waals surface area contributed by atoms with E-state index in [0.717, 1.165) is 11.3 Å². The molecular weight excluding hydrogens is 350 g/mol. The lowest BCUT2D eigenvalue weighted by molar-refractivity contribution is -0.130. The smallest absolute Gasteiger partial charge is 0.249 e. The van der Waals surface area contributed by atoms with Gasteiger partial charge in [-0.1, -0.05) is 48.0 Å². The van der Waals surface area contributed by atoms with Crippen LogP contribution in [-0.2, 0) is 15.1 Å². The Labute approximate surface area is 160 Å². The molecule has 0 bridgehead atoms. The highest BCUT2D eigenvalue weighted by Gasteiger charge is 2.38. The van der Waals surface area contributed by atoms with Crippen molar-refractivity contribution in [1.82, 2.24) is 5.32 Å². The van der Waals surface area contributed by atoms with Gasteiger partial charge in [0.2, 0.25) is 11.8 Å². The molecule has 0 aliphatic carbocycles. The standard InChI is InChI=1S/C20H23N3O2.ClH/c1-14-8-10-16(11-9-14)23-13-12-17(18(23)24)22-19(25)20(2,21)15-6-4-3-5-7-15;/h3-11,17H,12-13,21H2,1-2H3,(H,22,25);1H. The van der Waals surface area contributed by atoms with Crippen molar-refractivity contribution in [1.29, 1.82) is 0 Å². The molecule has 3 rings (SSSR count). The van der Waals surface area contributed by atoms with E-state index >= 15 is 0 Å². The highest BCUT2D eigenvalue weighted by molar-refractivity contribution is 6.02. The van der Waals surface area contributed by atoms with Gasteiger partial charge in [0.05, 0.1) is 0 Å². The van der Waals surface area contributed by atoms with Crippen LogP contribution in [0.3, 0.4) is 0 Å². The number of carbonyl (C=O) groups is 2. The zero-order valence-electron chi connectivity index (χ0n) is 14.9. The number of hydrogen-bond acceptors (Lipinski definition) is 3. The summed E-state index contributed by atoms with van der Waals surface area (Å²) in [5, 5.41) is 2.82. The summed E-state index contributed by atoms with van der Waals surface area (Å²) in [6.07, 6.45) is 0.573. The number of nitrogens with one attached hydrogen (secondary N) is 1. The first-order valence-corrected chi connectivity index (χ1v) is 8.43. The minimum absolute atomic E-state index is 0. The Bertz CT molecular complexity index is 775. The summed E-state index contributed by atoms with van der Waals surface area (Å²) in [7, 11) is 0. The largest absolute Gasteiger partial charge is 0.342 e. The third-order valence-electron chi connectivity index (χ3n) is 4.70. The number of rotatable bonds is 4. The number of halogens is 1. The van der Waals surface area contributed by atoms with Crippen LogP contribution in [0.2, 0.25) is 0 Å². The Morgan fingerprint density at radius 1 is 1.15 bits per heavy atom. The van der Waals surface area contributed by atoms with Gasteiger partial charge in [-0.25, -0.2) is 0 Å². The van der Waals surface area contributed by atoms with Gasteiger partial charge in [0.15, 0.2) is 0 Å². The molecule has 2 aromatic carbocycles. The third-order valence-corrected chi connectivity index (χ3v) is 4.70. The summed E-state index contributed by atoms with van der Waals surface area (Å²) >= 11 is 0. The van der Waals surface area contributed by atoms with Gasteiger partial charge in [0, 0.05) is 12.2 Å². The number of aryl methyl sites for hydroxylation is 1. The number of nitrogens with zero attached hydrogens (tertiary/aromatic N) is 1. The minimum atomic E-state index is -1.18. The van der Waals surface area contributed by atoms with Gasteiger partial charge in [-0.15, -0.1) is 12.4 Å². The summed E-state index contributed by atoms with van der Waals surface area (Å²) in [6, 6.07) is 16.4. The molecule has 2 amide bonds. The molecule has 1 fully saturated rings. The Morgan fingerprint density at radius 3 is 2.38 bits per heavy atom. The van der Waals surface area contributed by atoms with E-state index in [0.29, 0.717) is 18.5 Å². The van der Waals surface area contributed by atoms with Gasteiger partial charge >= 0.3 is 0 Å². The second-order valence-electron chi connectivity index (χ2n) is 6.71. The Morgan fingerprint density at radius 2 is 1.77 bits per heavy atom. The maximum Gasteiger partial charge on any atom is 0.249 e.